The summed E-state index contributed by atoms with van der Waals surface area (Å²) in [5.74, 6) is 0.445. The predicted octanol–water partition coefficient (Wildman–Crippen LogP) is 2.18. The van der Waals surface area contributed by atoms with E-state index in [-0.39, 0.29) is 6.10 Å². The number of nitrogen functional groups attached to an aromatic ring is 1. The van der Waals surface area contributed by atoms with Gasteiger partial charge < -0.3 is 10.5 Å². The summed E-state index contributed by atoms with van der Waals surface area (Å²) in [6.07, 6.45) is 4.95. The number of hydrogen-bond donors (Lipinski definition) is 1. The van der Waals surface area contributed by atoms with E-state index >= 15 is 0 Å². The molecule has 6 heteroatoms. The van der Waals surface area contributed by atoms with Gasteiger partial charge in [0.15, 0.2) is 0 Å². The molecule has 2 N–H and O–H groups in total. The van der Waals surface area contributed by atoms with E-state index in [1.165, 1.54) is 5.56 Å². The molecule has 6 nitrogen and oxygen atoms in total. The lowest BCUT2D eigenvalue weighted by atomic mass is 10.1. The van der Waals surface area contributed by atoms with Crippen LogP contribution in [0.5, 0.6) is 0 Å². The van der Waals surface area contributed by atoms with Crippen molar-refractivity contribution in [1.82, 2.24) is 19.9 Å². The minimum absolute atomic E-state index is 0.130. The van der Waals surface area contributed by atoms with Crippen LogP contribution >= 0.6 is 0 Å². The molecule has 122 valence electrons. The first-order valence-electron chi connectivity index (χ1n) is 8.03. The normalized spacial score (nSPS) is 18.8. The lowest BCUT2D eigenvalue weighted by Gasteiger charge is -2.32. The number of fused-ring (bicyclic) bond motifs is 1. The van der Waals surface area contributed by atoms with Crippen molar-refractivity contribution < 1.29 is 4.74 Å². The Morgan fingerprint density at radius 2 is 2.04 bits per heavy atom. The van der Waals surface area contributed by atoms with E-state index < -0.39 is 0 Å². The summed E-state index contributed by atoms with van der Waals surface area (Å²) in [4.78, 5) is 15.2. The third-order valence-electron chi connectivity index (χ3n) is 4.29. The molecule has 0 unspecified atom stereocenters. The number of morpholine rings is 1. The highest BCUT2D eigenvalue weighted by molar-refractivity contribution is 5.78. The van der Waals surface area contributed by atoms with Crippen LogP contribution < -0.4 is 5.73 Å². The van der Waals surface area contributed by atoms with Crippen molar-refractivity contribution in [3.63, 3.8) is 0 Å². The van der Waals surface area contributed by atoms with Crippen LogP contribution in [0.2, 0.25) is 0 Å². The molecule has 0 bridgehead atoms. The van der Waals surface area contributed by atoms with Gasteiger partial charge in [0, 0.05) is 43.6 Å². The van der Waals surface area contributed by atoms with Gasteiger partial charge >= 0.3 is 0 Å². The topological polar surface area (TPSA) is 77.2 Å². The Morgan fingerprint density at radius 1 is 1.12 bits per heavy atom. The summed E-state index contributed by atoms with van der Waals surface area (Å²) in [6, 6.07) is 10.5. The predicted molar refractivity (Wildman–Crippen MR) is 92.2 cm³/mol. The molecule has 0 aliphatic carbocycles. The monoisotopic (exact) mass is 321 g/mol. The zero-order valence-corrected chi connectivity index (χ0v) is 13.3. The van der Waals surface area contributed by atoms with Gasteiger partial charge in [0.05, 0.1) is 12.1 Å². The second kappa shape index (κ2) is 6.51. The number of ether oxygens (including phenoxy) is 1. The molecule has 1 atom stereocenters. The van der Waals surface area contributed by atoms with Crippen molar-refractivity contribution in [1.29, 1.82) is 0 Å². The van der Waals surface area contributed by atoms with Gasteiger partial charge in [0.1, 0.15) is 17.6 Å². The summed E-state index contributed by atoms with van der Waals surface area (Å²) in [5.41, 5.74) is 8.95. The van der Waals surface area contributed by atoms with Crippen LogP contribution in [0.25, 0.3) is 10.9 Å². The van der Waals surface area contributed by atoms with Gasteiger partial charge in [0.2, 0.25) is 0 Å². The highest BCUT2D eigenvalue weighted by Gasteiger charge is 2.25. The molecule has 1 aliphatic heterocycles. The molecular formula is C18H19N5O. The second-order valence-corrected chi connectivity index (χ2v) is 5.95. The van der Waals surface area contributed by atoms with Crippen LogP contribution in [-0.4, -0.2) is 39.5 Å². The van der Waals surface area contributed by atoms with Crippen molar-refractivity contribution in [3.05, 3.63) is 60.2 Å². The second-order valence-electron chi connectivity index (χ2n) is 5.95. The number of hydrogen-bond acceptors (Lipinski definition) is 6. The standard InChI is InChI=1S/C18H19N5O/c19-18-17(21-6-7-22-18)16-12-23(8-9-24-16)11-13-3-4-15-14(10-13)2-1-5-20-15/h1-7,10,16H,8-9,11-12H2,(H2,19,22)/t16-/m0/s1. The summed E-state index contributed by atoms with van der Waals surface area (Å²) in [6.45, 7) is 3.18. The van der Waals surface area contributed by atoms with E-state index in [9.17, 15) is 0 Å². The molecule has 3 heterocycles. The van der Waals surface area contributed by atoms with Gasteiger partial charge in [-0.25, -0.2) is 4.98 Å². The molecule has 0 saturated carbocycles. The number of benzene rings is 1. The lowest BCUT2D eigenvalue weighted by molar-refractivity contribution is -0.0347. The molecule has 1 fully saturated rings. The van der Waals surface area contributed by atoms with Crippen LogP contribution in [-0.2, 0) is 11.3 Å². The SMILES string of the molecule is Nc1nccnc1[C@@H]1CN(Cc2ccc3ncccc3c2)CCO1. The molecule has 4 rings (SSSR count). The molecular weight excluding hydrogens is 302 g/mol. The third-order valence-corrected chi connectivity index (χ3v) is 4.29. The molecule has 3 aromatic rings. The average Bonchev–Trinajstić information content (AvgIpc) is 2.62. The molecule has 0 spiro atoms. The van der Waals surface area contributed by atoms with Crippen molar-refractivity contribution in [2.24, 2.45) is 0 Å². The smallest absolute Gasteiger partial charge is 0.147 e. The van der Waals surface area contributed by atoms with Gasteiger partial charge in [-0.15, -0.1) is 0 Å². The van der Waals surface area contributed by atoms with Crippen molar-refractivity contribution in [2.45, 2.75) is 12.6 Å². The fraction of sp³-hybridized carbons (Fsp3) is 0.278. The van der Waals surface area contributed by atoms with Crippen LogP contribution in [0.3, 0.4) is 0 Å². The quantitative estimate of drug-likeness (QED) is 0.797. The Morgan fingerprint density at radius 3 is 2.96 bits per heavy atom. The highest BCUT2D eigenvalue weighted by Crippen LogP contribution is 2.25. The number of nitrogens with zero attached hydrogens (tertiary/aromatic N) is 4. The average molecular weight is 321 g/mol. The Balaban J connectivity index is 1.50. The molecule has 0 amide bonds. The zero-order valence-electron chi connectivity index (χ0n) is 13.3. The van der Waals surface area contributed by atoms with E-state index in [4.69, 9.17) is 10.5 Å². The van der Waals surface area contributed by atoms with E-state index in [1.54, 1.807) is 12.4 Å². The summed E-state index contributed by atoms with van der Waals surface area (Å²) in [7, 11) is 0. The number of pyridine rings is 1. The maximum Gasteiger partial charge on any atom is 0.147 e. The lowest BCUT2D eigenvalue weighted by Crippen LogP contribution is -2.38. The van der Waals surface area contributed by atoms with Crippen LogP contribution in [0.15, 0.2) is 48.9 Å². The van der Waals surface area contributed by atoms with Gasteiger partial charge in [-0.2, -0.15) is 0 Å². The van der Waals surface area contributed by atoms with Crippen LogP contribution in [0, 0.1) is 0 Å². The Kier molecular flexibility index (Phi) is 4.06. The van der Waals surface area contributed by atoms with Gasteiger partial charge in [-0.05, 0) is 23.8 Å². The number of nitrogens with two attached hydrogens (primary N) is 1. The van der Waals surface area contributed by atoms with E-state index in [1.807, 2.05) is 12.3 Å². The fourth-order valence-electron chi connectivity index (χ4n) is 3.10. The number of aromatic nitrogens is 3. The van der Waals surface area contributed by atoms with Crippen molar-refractivity contribution >= 4 is 16.7 Å². The number of anilines is 1. The molecule has 1 aliphatic rings. The van der Waals surface area contributed by atoms with Crippen molar-refractivity contribution in [2.75, 3.05) is 25.4 Å². The van der Waals surface area contributed by atoms with Gasteiger partial charge in [-0.1, -0.05) is 12.1 Å². The Hall–Kier alpha value is -2.57. The van der Waals surface area contributed by atoms with Crippen LogP contribution in [0.4, 0.5) is 5.82 Å². The van der Waals surface area contributed by atoms with Gasteiger partial charge in [-0.3, -0.25) is 14.9 Å². The summed E-state index contributed by atoms with van der Waals surface area (Å²) < 4.78 is 5.85. The fourth-order valence-corrected chi connectivity index (χ4v) is 3.10. The molecule has 2 aromatic heterocycles. The highest BCUT2D eigenvalue weighted by atomic mass is 16.5. The largest absolute Gasteiger partial charge is 0.382 e. The van der Waals surface area contributed by atoms with Gasteiger partial charge in [0.25, 0.3) is 0 Å². The van der Waals surface area contributed by atoms with E-state index in [2.05, 4.69) is 44.1 Å². The number of rotatable bonds is 3. The third kappa shape index (κ3) is 3.06. The first-order chi connectivity index (χ1) is 11.8. The summed E-state index contributed by atoms with van der Waals surface area (Å²) >= 11 is 0. The molecule has 1 saturated heterocycles. The minimum Gasteiger partial charge on any atom is -0.382 e. The van der Waals surface area contributed by atoms with Crippen LogP contribution in [0.1, 0.15) is 17.4 Å². The maximum atomic E-state index is 5.93. The Bertz CT molecular complexity index is 853. The van der Waals surface area contributed by atoms with E-state index in [0.717, 1.165) is 36.2 Å². The molecule has 0 radical (unpaired) electrons. The maximum absolute atomic E-state index is 5.93. The zero-order chi connectivity index (χ0) is 16.4. The van der Waals surface area contributed by atoms with E-state index in [0.29, 0.717) is 12.4 Å². The Labute approximate surface area is 140 Å². The van der Waals surface area contributed by atoms with Crippen molar-refractivity contribution in [3.8, 4) is 0 Å². The molecule has 1 aromatic carbocycles. The molecule has 24 heavy (non-hydrogen) atoms. The minimum atomic E-state index is -0.130. The summed E-state index contributed by atoms with van der Waals surface area (Å²) in [5, 5.41) is 1.16. The first kappa shape index (κ1) is 15.0. The first-order valence-corrected chi connectivity index (χ1v) is 8.03.